The van der Waals surface area contributed by atoms with Gasteiger partial charge in [0.15, 0.2) is 11.6 Å². The van der Waals surface area contributed by atoms with Crippen LogP contribution >= 0.6 is 11.8 Å². The topological polar surface area (TPSA) is 34.1 Å². The number of rotatable bonds is 4. The zero-order valence-electron chi connectivity index (χ0n) is 9.73. The molecule has 0 bridgehead atoms. The van der Waals surface area contributed by atoms with E-state index in [1.165, 1.54) is 6.08 Å². The van der Waals surface area contributed by atoms with Crippen LogP contribution in [-0.2, 0) is 0 Å². The van der Waals surface area contributed by atoms with E-state index in [0.29, 0.717) is 22.5 Å². The predicted molar refractivity (Wildman–Crippen MR) is 70.8 cm³/mol. The molecule has 0 aromatic heterocycles. The molecule has 2 rings (SSSR count). The summed E-state index contributed by atoms with van der Waals surface area (Å²) >= 11 is 1.70. The molecule has 0 atom stereocenters. The van der Waals surface area contributed by atoms with Gasteiger partial charge in [-0.25, -0.2) is 0 Å². The van der Waals surface area contributed by atoms with Crippen molar-refractivity contribution in [1.29, 1.82) is 0 Å². The van der Waals surface area contributed by atoms with Crippen LogP contribution in [0.25, 0.3) is 0 Å². The fraction of sp³-hybridized carbons (Fsp3) is 0.286. The van der Waals surface area contributed by atoms with E-state index in [0.717, 1.165) is 12.2 Å². The van der Waals surface area contributed by atoms with Gasteiger partial charge in [0, 0.05) is 22.5 Å². The number of hydrogen-bond donors (Lipinski definition) is 0. The molecule has 0 saturated heterocycles. The monoisotopic (exact) mass is 246 g/mol. The van der Waals surface area contributed by atoms with Crippen molar-refractivity contribution in [2.45, 2.75) is 13.3 Å². The van der Waals surface area contributed by atoms with E-state index in [1.54, 1.807) is 36.0 Å². The number of allylic oxidation sites excluding steroid dienone is 1. The number of carbonyl (C=O) groups is 2. The molecular weight excluding hydrogens is 232 g/mol. The highest BCUT2D eigenvalue weighted by molar-refractivity contribution is 7.99. The second-order valence-electron chi connectivity index (χ2n) is 3.96. The molecule has 0 fully saturated rings. The lowest BCUT2D eigenvalue weighted by Crippen LogP contribution is -2.18. The quantitative estimate of drug-likeness (QED) is 0.765. The number of carbonyl (C=O) groups excluding carboxylic acids is 2. The average Bonchev–Trinajstić information content (AvgIpc) is 2.36. The molecule has 0 spiro atoms. The SMILES string of the molecule is CCCSCC1=CC(=O)c2ccccc2C1=O. The van der Waals surface area contributed by atoms with Crippen LogP contribution in [0.3, 0.4) is 0 Å². The van der Waals surface area contributed by atoms with Gasteiger partial charge in [-0.2, -0.15) is 11.8 Å². The van der Waals surface area contributed by atoms with E-state index in [9.17, 15) is 9.59 Å². The van der Waals surface area contributed by atoms with Gasteiger partial charge in [-0.1, -0.05) is 31.2 Å². The Hall–Kier alpha value is -1.35. The average molecular weight is 246 g/mol. The molecule has 2 nitrogen and oxygen atoms in total. The van der Waals surface area contributed by atoms with E-state index in [2.05, 4.69) is 6.92 Å². The number of thioether (sulfide) groups is 1. The van der Waals surface area contributed by atoms with E-state index in [-0.39, 0.29) is 11.6 Å². The van der Waals surface area contributed by atoms with Crippen LogP contribution in [0, 0.1) is 0 Å². The van der Waals surface area contributed by atoms with Crippen molar-refractivity contribution in [2.24, 2.45) is 0 Å². The molecule has 0 unspecified atom stereocenters. The summed E-state index contributed by atoms with van der Waals surface area (Å²) in [6.45, 7) is 2.10. The van der Waals surface area contributed by atoms with Gasteiger partial charge in [0.1, 0.15) is 0 Å². The predicted octanol–water partition coefficient (Wildman–Crippen LogP) is 3.14. The van der Waals surface area contributed by atoms with Gasteiger partial charge in [0.2, 0.25) is 0 Å². The highest BCUT2D eigenvalue weighted by atomic mass is 32.2. The smallest absolute Gasteiger partial charge is 0.190 e. The lowest BCUT2D eigenvalue weighted by atomic mass is 9.90. The van der Waals surface area contributed by atoms with Crippen LogP contribution in [0.1, 0.15) is 34.1 Å². The van der Waals surface area contributed by atoms with E-state index >= 15 is 0 Å². The summed E-state index contributed by atoms with van der Waals surface area (Å²) in [5.74, 6) is 1.60. The van der Waals surface area contributed by atoms with Crippen molar-refractivity contribution >= 4 is 23.3 Å². The second kappa shape index (κ2) is 5.32. The van der Waals surface area contributed by atoms with Crippen molar-refractivity contribution in [3.63, 3.8) is 0 Å². The molecule has 0 heterocycles. The Morgan fingerprint density at radius 2 is 1.82 bits per heavy atom. The van der Waals surface area contributed by atoms with Crippen LogP contribution in [0.2, 0.25) is 0 Å². The summed E-state index contributed by atoms with van der Waals surface area (Å²) < 4.78 is 0. The Labute approximate surface area is 105 Å². The summed E-state index contributed by atoms with van der Waals surface area (Å²) in [4.78, 5) is 24.0. The van der Waals surface area contributed by atoms with Gasteiger partial charge in [0.25, 0.3) is 0 Å². The zero-order valence-corrected chi connectivity index (χ0v) is 10.5. The fourth-order valence-corrected chi connectivity index (χ4v) is 2.67. The molecule has 0 saturated carbocycles. The van der Waals surface area contributed by atoms with Crippen LogP contribution in [0.15, 0.2) is 35.9 Å². The fourth-order valence-electron chi connectivity index (χ4n) is 1.80. The summed E-state index contributed by atoms with van der Waals surface area (Å²) in [7, 11) is 0. The van der Waals surface area contributed by atoms with Crippen LogP contribution in [0.4, 0.5) is 0 Å². The number of Topliss-reactive ketones (excluding diaryl/α,β-unsaturated/α-hetero) is 1. The first-order valence-corrected chi connectivity index (χ1v) is 6.86. The third kappa shape index (κ3) is 2.50. The molecule has 0 radical (unpaired) electrons. The lowest BCUT2D eigenvalue weighted by molar-refractivity contribution is 0.0985. The number of ketones is 2. The maximum Gasteiger partial charge on any atom is 0.190 e. The summed E-state index contributed by atoms with van der Waals surface area (Å²) in [6, 6.07) is 7.02. The highest BCUT2D eigenvalue weighted by Crippen LogP contribution is 2.23. The number of hydrogen-bond acceptors (Lipinski definition) is 3. The second-order valence-corrected chi connectivity index (χ2v) is 5.07. The maximum absolute atomic E-state index is 12.1. The minimum atomic E-state index is -0.0488. The van der Waals surface area contributed by atoms with Gasteiger partial charge >= 0.3 is 0 Å². The summed E-state index contributed by atoms with van der Waals surface area (Å²) in [5.41, 5.74) is 1.71. The standard InChI is InChI=1S/C14H14O2S/c1-2-7-17-9-10-8-13(15)11-5-3-4-6-12(11)14(10)16/h3-6,8H,2,7,9H2,1H3. The first kappa shape index (κ1) is 12.1. The van der Waals surface area contributed by atoms with Gasteiger partial charge in [0.05, 0.1) is 0 Å². The molecule has 1 aromatic carbocycles. The first-order valence-electron chi connectivity index (χ1n) is 5.70. The van der Waals surface area contributed by atoms with Crippen molar-refractivity contribution < 1.29 is 9.59 Å². The molecule has 1 aliphatic carbocycles. The molecule has 3 heteroatoms. The van der Waals surface area contributed by atoms with Crippen molar-refractivity contribution in [3.05, 3.63) is 47.0 Å². The minimum absolute atomic E-state index is 0.00352. The maximum atomic E-state index is 12.1. The molecule has 88 valence electrons. The zero-order chi connectivity index (χ0) is 12.3. The van der Waals surface area contributed by atoms with Crippen LogP contribution in [-0.4, -0.2) is 23.1 Å². The molecule has 0 N–H and O–H groups in total. The van der Waals surface area contributed by atoms with Crippen LogP contribution in [0.5, 0.6) is 0 Å². The normalized spacial score (nSPS) is 14.5. The number of fused-ring (bicyclic) bond motifs is 1. The first-order chi connectivity index (χ1) is 8.24. The lowest BCUT2D eigenvalue weighted by Gasteiger charge is -2.14. The Balaban J connectivity index is 2.23. The Morgan fingerprint density at radius 3 is 2.53 bits per heavy atom. The molecule has 17 heavy (non-hydrogen) atoms. The van der Waals surface area contributed by atoms with Gasteiger partial charge < -0.3 is 0 Å². The molecule has 1 aliphatic rings. The molecular formula is C14H14O2S. The van der Waals surface area contributed by atoms with Gasteiger partial charge in [-0.15, -0.1) is 0 Å². The van der Waals surface area contributed by atoms with E-state index < -0.39 is 0 Å². The summed E-state index contributed by atoms with van der Waals surface area (Å²) in [5, 5.41) is 0. The van der Waals surface area contributed by atoms with Crippen molar-refractivity contribution in [3.8, 4) is 0 Å². The van der Waals surface area contributed by atoms with Crippen molar-refractivity contribution in [1.82, 2.24) is 0 Å². The van der Waals surface area contributed by atoms with Gasteiger partial charge in [-0.3, -0.25) is 9.59 Å². The Bertz CT molecular complexity index is 489. The van der Waals surface area contributed by atoms with Gasteiger partial charge in [-0.05, 0) is 18.2 Å². The highest BCUT2D eigenvalue weighted by Gasteiger charge is 2.24. The van der Waals surface area contributed by atoms with Crippen molar-refractivity contribution in [2.75, 3.05) is 11.5 Å². The van der Waals surface area contributed by atoms with Crippen LogP contribution < -0.4 is 0 Å². The third-order valence-corrected chi connectivity index (χ3v) is 3.85. The molecule has 1 aromatic rings. The summed E-state index contributed by atoms with van der Waals surface area (Å²) in [6.07, 6.45) is 2.57. The Kier molecular flexibility index (Phi) is 3.79. The van der Waals surface area contributed by atoms with E-state index in [4.69, 9.17) is 0 Å². The number of benzene rings is 1. The van der Waals surface area contributed by atoms with E-state index in [1.807, 2.05) is 0 Å². The Morgan fingerprint density at radius 1 is 1.12 bits per heavy atom. The molecule has 0 amide bonds. The third-order valence-electron chi connectivity index (χ3n) is 2.64. The minimum Gasteiger partial charge on any atom is -0.289 e. The largest absolute Gasteiger partial charge is 0.289 e. The molecule has 0 aliphatic heterocycles.